The van der Waals surface area contributed by atoms with Crippen LogP contribution < -0.4 is 10.6 Å². The van der Waals surface area contributed by atoms with Gasteiger partial charge in [-0.1, -0.05) is 42.0 Å². The minimum atomic E-state index is -0.0677. The predicted octanol–water partition coefficient (Wildman–Crippen LogP) is 5.73. The summed E-state index contributed by atoms with van der Waals surface area (Å²) in [6.45, 7) is 7.23. The molecule has 1 heterocycles. The Kier molecular flexibility index (Phi) is 7.38. The van der Waals surface area contributed by atoms with Gasteiger partial charge in [-0.3, -0.25) is 9.59 Å². The molecule has 0 spiro atoms. The first-order chi connectivity index (χ1) is 16.4. The molecule has 0 aliphatic rings. The van der Waals surface area contributed by atoms with Gasteiger partial charge in [0.15, 0.2) is 0 Å². The van der Waals surface area contributed by atoms with Crippen LogP contribution in [0, 0.1) is 20.8 Å². The molecule has 4 rings (SSSR count). The number of carbonyl (C=O) groups excluding carboxylic acids is 2. The summed E-state index contributed by atoms with van der Waals surface area (Å²) >= 11 is 1.52. The zero-order chi connectivity index (χ0) is 24.1. The topological polar surface area (TPSA) is 63.1 Å². The van der Waals surface area contributed by atoms with Crippen molar-refractivity contribution in [2.24, 2.45) is 0 Å². The van der Waals surface area contributed by atoms with E-state index in [1.807, 2.05) is 75.4 Å². The van der Waals surface area contributed by atoms with Crippen LogP contribution in [0.3, 0.4) is 0 Å². The van der Waals surface area contributed by atoms with E-state index in [4.69, 9.17) is 0 Å². The van der Waals surface area contributed by atoms with Gasteiger partial charge in [-0.15, -0.1) is 11.8 Å². The highest BCUT2D eigenvalue weighted by Crippen LogP contribution is 2.30. The molecule has 2 amide bonds. The van der Waals surface area contributed by atoms with E-state index >= 15 is 0 Å². The maximum Gasteiger partial charge on any atom is 0.251 e. The smallest absolute Gasteiger partial charge is 0.251 e. The molecule has 0 saturated heterocycles. The van der Waals surface area contributed by atoms with Gasteiger partial charge in [0.05, 0.1) is 5.75 Å². The van der Waals surface area contributed by atoms with Crippen molar-refractivity contribution in [1.82, 2.24) is 9.88 Å². The molecule has 0 aliphatic heterocycles. The van der Waals surface area contributed by atoms with Crippen molar-refractivity contribution in [1.29, 1.82) is 0 Å². The molecule has 0 aliphatic carbocycles. The summed E-state index contributed by atoms with van der Waals surface area (Å²) in [6.07, 6.45) is 2.07. The predicted molar refractivity (Wildman–Crippen MR) is 141 cm³/mol. The van der Waals surface area contributed by atoms with Gasteiger partial charge in [0.2, 0.25) is 5.91 Å². The molecule has 5 nitrogen and oxygen atoms in total. The third-order valence-electron chi connectivity index (χ3n) is 5.85. The lowest BCUT2D eigenvalue weighted by Crippen LogP contribution is -2.27. The number of nitrogens with one attached hydrogen (secondary N) is 2. The second-order valence-electron chi connectivity index (χ2n) is 8.46. The highest BCUT2D eigenvalue weighted by molar-refractivity contribution is 8.00. The van der Waals surface area contributed by atoms with Gasteiger partial charge >= 0.3 is 0 Å². The number of anilines is 1. The van der Waals surface area contributed by atoms with Crippen LogP contribution in [0.15, 0.2) is 77.8 Å². The van der Waals surface area contributed by atoms with Crippen LogP contribution in [-0.2, 0) is 11.3 Å². The Balaban J connectivity index is 1.38. The highest BCUT2D eigenvalue weighted by Gasteiger charge is 2.12. The van der Waals surface area contributed by atoms with E-state index in [1.54, 1.807) is 0 Å². The van der Waals surface area contributed by atoms with Crippen molar-refractivity contribution in [2.75, 3.05) is 17.6 Å². The summed E-state index contributed by atoms with van der Waals surface area (Å²) in [6, 6.07) is 21.7. The van der Waals surface area contributed by atoms with E-state index in [1.165, 1.54) is 17.3 Å². The molecule has 0 atom stereocenters. The third kappa shape index (κ3) is 5.69. The summed E-state index contributed by atoms with van der Waals surface area (Å²) in [7, 11) is 0. The number of thioether (sulfide) groups is 1. The number of hydrogen-bond donors (Lipinski definition) is 2. The molecule has 0 bridgehead atoms. The Morgan fingerprint density at radius 2 is 1.68 bits per heavy atom. The average Bonchev–Trinajstić information content (AvgIpc) is 3.18. The van der Waals surface area contributed by atoms with Crippen molar-refractivity contribution in [3.8, 4) is 0 Å². The third-order valence-corrected chi connectivity index (χ3v) is 6.90. The molecule has 4 aromatic rings. The van der Waals surface area contributed by atoms with E-state index in [0.717, 1.165) is 32.6 Å². The zero-order valence-electron chi connectivity index (χ0n) is 19.7. The van der Waals surface area contributed by atoms with Crippen LogP contribution in [0.5, 0.6) is 0 Å². The van der Waals surface area contributed by atoms with Crippen molar-refractivity contribution in [2.45, 2.75) is 32.2 Å². The molecule has 6 heteroatoms. The molecule has 1 aromatic heterocycles. The first kappa shape index (κ1) is 23.6. The van der Waals surface area contributed by atoms with Crippen molar-refractivity contribution >= 4 is 40.2 Å². The molecular weight excluding hydrogens is 442 g/mol. The van der Waals surface area contributed by atoms with Gasteiger partial charge < -0.3 is 15.2 Å². The fraction of sp³-hybridized carbons (Fsp3) is 0.214. The van der Waals surface area contributed by atoms with Crippen LogP contribution in [0.25, 0.3) is 10.9 Å². The van der Waals surface area contributed by atoms with Gasteiger partial charge in [0, 0.05) is 46.3 Å². The number of amides is 2. The lowest BCUT2D eigenvalue weighted by Gasteiger charge is -2.09. The minimum absolute atomic E-state index is 0.0358. The Hall–Kier alpha value is -3.51. The van der Waals surface area contributed by atoms with Gasteiger partial charge in [-0.2, -0.15) is 0 Å². The van der Waals surface area contributed by atoms with E-state index in [9.17, 15) is 9.59 Å². The first-order valence-electron chi connectivity index (χ1n) is 11.3. The first-order valence-corrected chi connectivity index (χ1v) is 12.3. The molecule has 34 heavy (non-hydrogen) atoms. The number of carbonyl (C=O) groups is 2. The summed E-state index contributed by atoms with van der Waals surface area (Å²) in [5.41, 5.74) is 6.01. The number of nitrogens with zero attached hydrogens (tertiary/aromatic N) is 1. The van der Waals surface area contributed by atoms with Crippen LogP contribution in [0.4, 0.5) is 5.69 Å². The number of aromatic nitrogens is 1. The van der Waals surface area contributed by atoms with Gasteiger partial charge in [0.25, 0.3) is 5.91 Å². The average molecular weight is 472 g/mol. The maximum atomic E-state index is 12.5. The molecular formula is C28H29N3O2S. The summed E-state index contributed by atoms with van der Waals surface area (Å²) in [4.78, 5) is 26.0. The number of benzene rings is 3. The van der Waals surface area contributed by atoms with E-state index in [-0.39, 0.29) is 11.8 Å². The lowest BCUT2D eigenvalue weighted by molar-refractivity contribution is -0.113. The number of para-hydroxylation sites is 1. The van der Waals surface area contributed by atoms with Gasteiger partial charge in [-0.25, -0.2) is 0 Å². The maximum absolute atomic E-state index is 12.5. The second-order valence-corrected chi connectivity index (χ2v) is 9.48. The molecule has 0 unspecified atom stereocenters. The van der Waals surface area contributed by atoms with Crippen molar-refractivity contribution < 1.29 is 9.59 Å². The van der Waals surface area contributed by atoms with Gasteiger partial charge in [0.1, 0.15) is 0 Å². The summed E-state index contributed by atoms with van der Waals surface area (Å²) in [5.74, 6) is 0.221. The molecule has 0 saturated carbocycles. The largest absolute Gasteiger partial charge is 0.350 e. The second kappa shape index (κ2) is 10.6. The number of hydrogen-bond acceptors (Lipinski definition) is 3. The van der Waals surface area contributed by atoms with Gasteiger partial charge in [-0.05, 0) is 62.2 Å². The monoisotopic (exact) mass is 471 g/mol. The van der Waals surface area contributed by atoms with Crippen LogP contribution in [0.1, 0.15) is 27.0 Å². The quantitative estimate of drug-likeness (QED) is 0.323. The molecule has 0 fully saturated rings. The van der Waals surface area contributed by atoms with E-state index in [2.05, 4.69) is 33.5 Å². The Bertz CT molecular complexity index is 1330. The zero-order valence-corrected chi connectivity index (χ0v) is 20.5. The fourth-order valence-electron chi connectivity index (χ4n) is 3.76. The lowest BCUT2D eigenvalue weighted by atomic mass is 10.1. The highest BCUT2D eigenvalue weighted by atomic mass is 32.2. The number of aryl methyl sites for hydroxylation is 3. The summed E-state index contributed by atoms with van der Waals surface area (Å²) in [5, 5.41) is 7.08. The number of rotatable bonds is 8. The molecule has 2 N–H and O–H groups in total. The fourth-order valence-corrected chi connectivity index (χ4v) is 4.65. The summed E-state index contributed by atoms with van der Waals surface area (Å²) < 4.78 is 2.14. The Morgan fingerprint density at radius 3 is 2.44 bits per heavy atom. The molecule has 174 valence electrons. The molecule has 0 radical (unpaired) electrons. The Labute approximate surface area is 204 Å². The number of fused-ring (bicyclic) bond motifs is 1. The van der Waals surface area contributed by atoms with Crippen LogP contribution in [-0.4, -0.2) is 28.7 Å². The Morgan fingerprint density at radius 1 is 0.912 bits per heavy atom. The standard InChI is InChI=1S/C28H29N3O2S/c1-19-8-12-23(13-9-19)30-27(32)18-34-26-17-31(25-7-5-4-6-24(25)26)15-14-29-28(33)22-11-10-20(2)21(3)16-22/h4-13,16-17H,14-15,18H2,1-3H3,(H,29,33)(H,30,32). The van der Waals surface area contributed by atoms with E-state index < -0.39 is 0 Å². The normalized spacial score (nSPS) is 10.9. The van der Waals surface area contributed by atoms with Crippen molar-refractivity contribution in [3.05, 3.63) is 95.2 Å². The van der Waals surface area contributed by atoms with E-state index in [0.29, 0.717) is 24.4 Å². The molecule has 3 aromatic carbocycles. The minimum Gasteiger partial charge on any atom is -0.350 e. The van der Waals surface area contributed by atoms with Crippen LogP contribution >= 0.6 is 11.8 Å². The van der Waals surface area contributed by atoms with Crippen molar-refractivity contribution in [3.63, 3.8) is 0 Å². The van der Waals surface area contributed by atoms with Crippen LogP contribution in [0.2, 0.25) is 0 Å². The SMILES string of the molecule is Cc1ccc(NC(=O)CSc2cn(CCNC(=O)c3ccc(C)c(C)c3)c3ccccc23)cc1.